The number of sulfonamides is 1. The van der Waals surface area contributed by atoms with E-state index < -0.39 is 10.0 Å². The van der Waals surface area contributed by atoms with E-state index in [1.807, 2.05) is 13.0 Å². The fourth-order valence-electron chi connectivity index (χ4n) is 3.06. The van der Waals surface area contributed by atoms with Gasteiger partial charge in [0.2, 0.25) is 10.0 Å². The van der Waals surface area contributed by atoms with Crippen LogP contribution in [0.25, 0.3) is 0 Å². The van der Waals surface area contributed by atoms with Crippen LogP contribution in [0.1, 0.15) is 26.2 Å². The van der Waals surface area contributed by atoms with Crippen LogP contribution in [0.5, 0.6) is 0 Å². The second kappa shape index (κ2) is 13.3. The third-order valence-electron chi connectivity index (χ3n) is 4.62. The third-order valence-corrected chi connectivity index (χ3v) is 6.54. The molecule has 1 saturated heterocycles. The Balaban J connectivity index is 0.00000392. The lowest BCUT2D eigenvalue weighted by molar-refractivity contribution is 0.195. The number of benzene rings is 1. The average Bonchev–Trinajstić information content (AvgIpc) is 2.70. The van der Waals surface area contributed by atoms with Gasteiger partial charge in [-0.25, -0.2) is 8.42 Å². The van der Waals surface area contributed by atoms with Crippen LogP contribution in [-0.2, 0) is 14.8 Å². The standard InChI is InChI=1S/C19H32N4O3S.HI/c1-3-20-19(21-12-7-15-26-2)22-16-17-10-13-23(14-11-17)27(24,25)18-8-5-4-6-9-18;/h4-6,8-9,17H,3,7,10-16H2,1-2H3,(H2,20,21,22);1H. The van der Waals surface area contributed by atoms with Gasteiger partial charge in [0.25, 0.3) is 0 Å². The lowest BCUT2D eigenvalue weighted by Gasteiger charge is -2.30. The number of methoxy groups -OCH3 is 1. The molecule has 1 aliphatic heterocycles. The first-order valence-electron chi connectivity index (χ1n) is 9.64. The molecular weight excluding hydrogens is 491 g/mol. The number of piperidine rings is 1. The van der Waals surface area contributed by atoms with Gasteiger partial charge in [-0.2, -0.15) is 4.31 Å². The average molecular weight is 524 g/mol. The van der Waals surface area contributed by atoms with Crippen molar-refractivity contribution in [2.45, 2.75) is 31.1 Å². The zero-order chi connectivity index (χ0) is 19.5. The molecule has 1 aromatic rings. The Morgan fingerprint density at radius 3 is 2.50 bits per heavy atom. The zero-order valence-electron chi connectivity index (χ0n) is 16.8. The number of ether oxygens (including phenoxy) is 1. The van der Waals surface area contributed by atoms with Gasteiger partial charge in [-0.15, -0.1) is 24.0 Å². The minimum Gasteiger partial charge on any atom is -0.385 e. The lowest BCUT2D eigenvalue weighted by Crippen LogP contribution is -2.40. The third kappa shape index (κ3) is 7.84. The maximum Gasteiger partial charge on any atom is 0.243 e. The monoisotopic (exact) mass is 524 g/mol. The van der Waals surface area contributed by atoms with E-state index in [1.165, 1.54) is 0 Å². The SMILES string of the molecule is CCNC(=NCC1CCN(S(=O)(=O)c2ccccc2)CC1)NCCCOC.I. The van der Waals surface area contributed by atoms with E-state index in [0.29, 0.717) is 30.4 Å². The number of halogens is 1. The van der Waals surface area contributed by atoms with Crippen LogP contribution < -0.4 is 10.6 Å². The smallest absolute Gasteiger partial charge is 0.243 e. The van der Waals surface area contributed by atoms with Crippen LogP contribution in [-0.4, -0.2) is 65.1 Å². The largest absolute Gasteiger partial charge is 0.385 e. The summed E-state index contributed by atoms with van der Waals surface area (Å²) >= 11 is 0. The molecule has 9 heteroatoms. The number of rotatable bonds is 9. The van der Waals surface area contributed by atoms with Gasteiger partial charge in [0.05, 0.1) is 4.90 Å². The van der Waals surface area contributed by atoms with Crippen molar-refractivity contribution in [3.8, 4) is 0 Å². The highest BCUT2D eigenvalue weighted by atomic mass is 127. The van der Waals surface area contributed by atoms with E-state index in [4.69, 9.17) is 4.74 Å². The first-order valence-corrected chi connectivity index (χ1v) is 11.1. The molecule has 28 heavy (non-hydrogen) atoms. The molecule has 0 aliphatic carbocycles. The Kier molecular flexibility index (Phi) is 12.0. The summed E-state index contributed by atoms with van der Waals surface area (Å²) in [5.74, 6) is 1.22. The Morgan fingerprint density at radius 1 is 1.21 bits per heavy atom. The fraction of sp³-hybridized carbons (Fsp3) is 0.632. The van der Waals surface area contributed by atoms with Gasteiger partial charge in [-0.05, 0) is 44.2 Å². The minimum atomic E-state index is -3.38. The lowest BCUT2D eigenvalue weighted by atomic mass is 9.98. The van der Waals surface area contributed by atoms with Crippen LogP contribution in [0, 0.1) is 5.92 Å². The van der Waals surface area contributed by atoms with Crippen LogP contribution in [0.4, 0.5) is 0 Å². The van der Waals surface area contributed by atoms with Crippen molar-refractivity contribution >= 4 is 40.0 Å². The van der Waals surface area contributed by atoms with Crippen molar-refractivity contribution in [2.24, 2.45) is 10.9 Å². The fourth-order valence-corrected chi connectivity index (χ4v) is 4.55. The molecule has 7 nitrogen and oxygen atoms in total. The molecule has 1 aromatic carbocycles. The number of nitrogens with zero attached hydrogens (tertiary/aromatic N) is 2. The topological polar surface area (TPSA) is 83.0 Å². The summed E-state index contributed by atoms with van der Waals surface area (Å²) in [6.45, 7) is 6.20. The Bertz CT molecular complexity index is 678. The van der Waals surface area contributed by atoms with Gasteiger partial charge in [0.1, 0.15) is 0 Å². The quantitative estimate of drug-likeness (QED) is 0.224. The summed E-state index contributed by atoms with van der Waals surface area (Å²) in [6.07, 6.45) is 2.59. The highest BCUT2D eigenvalue weighted by Crippen LogP contribution is 2.23. The van der Waals surface area contributed by atoms with Crippen molar-refractivity contribution in [1.82, 2.24) is 14.9 Å². The molecule has 0 radical (unpaired) electrons. The molecule has 0 aromatic heterocycles. The van der Waals surface area contributed by atoms with Crippen molar-refractivity contribution < 1.29 is 13.2 Å². The summed E-state index contributed by atoms with van der Waals surface area (Å²) < 4.78 is 32.0. The highest BCUT2D eigenvalue weighted by Gasteiger charge is 2.29. The molecule has 0 spiro atoms. The van der Waals surface area contributed by atoms with Gasteiger partial charge in [0.15, 0.2) is 5.96 Å². The van der Waals surface area contributed by atoms with E-state index in [-0.39, 0.29) is 24.0 Å². The minimum absolute atomic E-state index is 0. The van der Waals surface area contributed by atoms with Crippen molar-refractivity contribution in [3.63, 3.8) is 0 Å². The van der Waals surface area contributed by atoms with E-state index in [2.05, 4.69) is 15.6 Å². The number of hydrogen-bond acceptors (Lipinski definition) is 4. The van der Waals surface area contributed by atoms with E-state index in [9.17, 15) is 8.42 Å². The predicted octanol–water partition coefficient (Wildman–Crippen LogP) is 2.30. The summed E-state index contributed by atoms with van der Waals surface area (Å²) in [7, 11) is -1.68. The molecule has 0 atom stereocenters. The van der Waals surface area contributed by atoms with Crippen molar-refractivity contribution in [3.05, 3.63) is 30.3 Å². The molecule has 2 rings (SSSR count). The second-order valence-electron chi connectivity index (χ2n) is 6.65. The maximum absolute atomic E-state index is 12.7. The van der Waals surface area contributed by atoms with Crippen LogP contribution >= 0.6 is 24.0 Å². The summed E-state index contributed by atoms with van der Waals surface area (Å²) in [5, 5.41) is 6.55. The van der Waals surface area contributed by atoms with Gasteiger partial charge in [-0.1, -0.05) is 18.2 Å². The normalized spacial score (nSPS) is 16.4. The number of nitrogens with one attached hydrogen (secondary N) is 2. The van der Waals surface area contributed by atoms with E-state index in [0.717, 1.165) is 44.9 Å². The van der Waals surface area contributed by atoms with Crippen molar-refractivity contribution in [2.75, 3.05) is 46.4 Å². The van der Waals surface area contributed by atoms with E-state index in [1.54, 1.807) is 35.7 Å². The highest BCUT2D eigenvalue weighted by molar-refractivity contribution is 14.0. The first kappa shape index (κ1) is 25.1. The summed E-state index contributed by atoms with van der Waals surface area (Å²) in [4.78, 5) is 5.04. The van der Waals surface area contributed by atoms with Gasteiger partial charge in [-0.3, -0.25) is 4.99 Å². The van der Waals surface area contributed by atoms with Crippen molar-refractivity contribution in [1.29, 1.82) is 0 Å². The Morgan fingerprint density at radius 2 is 1.89 bits per heavy atom. The Labute approximate surface area is 186 Å². The van der Waals surface area contributed by atoms with Crippen LogP contribution in [0.2, 0.25) is 0 Å². The first-order chi connectivity index (χ1) is 13.1. The number of guanidine groups is 1. The molecule has 0 unspecified atom stereocenters. The molecule has 2 N–H and O–H groups in total. The van der Waals surface area contributed by atoms with Gasteiger partial charge in [0, 0.05) is 46.4 Å². The molecule has 0 amide bonds. The molecule has 1 heterocycles. The number of aliphatic imine (C=N–C) groups is 1. The van der Waals surface area contributed by atoms with Crippen LogP contribution in [0.3, 0.4) is 0 Å². The predicted molar refractivity (Wildman–Crippen MR) is 124 cm³/mol. The molecule has 0 bridgehead atoms. The van der Waals surface area contributed by atoms with Gasteiger partial charge < -0.3 is 15.4 Å². The summed E-state index contributed by atoms with van der Waals surface area (Å²) in [5.41, 5.74) is 0. The van der Waals surface area contributed by atoms with Crippen LogP contribution in [0.15, 0.2) is 40.2 Å². The molecule has 1 aliphatic rings. The molecular formula is C19H33IN4O3S. The maximum atomic E-state index is 12.7. The number of hydrogen-bond donors (Lipinski definition) is 2. The second-order valence-corrected chi connectivity index (χ2v) is 8.59. The molecule has 160 valence electrons. The molecule has 1 fully saturated rings. The van der Waals surface area contributed by atoms with Gasteiger partial charge >= 0.3 is 0 Å². The molecule has 0 saturated carbocycles. The zero-order valence-corrected chi connectivity index (χ0v) is 19.9. The Hall–Kier alpha value is -0.910. The summed E-state index contributed by atoms with van der Waals surface area (Å²) in [6, 6.07) is 8.66. The van der Waals surface area contributed by atoms with E-state index >= 15 is 0 Å².